The van der Waals surface area contributed by atoms with Crippen LogP contribution in [0.2, 0.25) is 0 Å². The Morgan fingerprint density at radius 3 is 2.74 bits per heavy atom. The second kappa shape index (κ2) is 4.69. The minimum Gasteiger partial charge on any atom is -0.461 e. The number of carbonyl (C=O) groups excluding carboxylic acids is 1. The Hall–Kier alpha value is -0.710. The lowest BCUT2D eigenvalue weighted by Crippen LogP contribution is -2.48. The topological polar surface area (TPSA) is 46.5 Å². The number of carbonyl (C=O) groups is 1. The first-order chi connectivity index (χ1) is 8.62. The first-order valence-corrected chi connectivity index (χ1v) is 6.89. The minimum absolute atomic E-state index is 0.0337. The van der Waals surface area contributed by atoms with Gasteiger partial charge in [-0.15, -0.1) is 0 Å². The minimum atomic E-state index is -3.45. The van der Waals surface area contributed by atoms with E-state index in [2.05, 4.69) is 0 Å². The highest BCUT2D eigenvalue weighted by Gasteiger charge is 2.48. The molecule has 0 aromatic heterocycles. The van der Waals surface area contributed by atoms with Crippen LogP contribution in [0, 0.1) is 11.3 Å². The third-order valence-electron chi connectivity index (χ3n) is 4.37. The molecule has 3 unspecified atom stereocenters. The zero-order valence-electron chi connectivity index (χ0n) is 11.5. The van der Waals surface area contributed by atoms with E-state index < -0.39 is 17.5 Å². The molecule has 0 aromatic carbocycles. The first kappa shape index (κ1) is 14.7. The van der Waals surface area contributed by atoms with Gasteiger partial charge in [0.25, 0.3) is 0 Å². The largest absolute Gasteiger partial charge is 0.461 e. The van der Waals surface area contributed by atoms with Gasteiger partial charge in [0.1, 0.15) is 0 Å². The number of hydrogen-bond acceptors (Lipinski definition) is 3. The van der Waals surface area contributed by atoms with Crippen molar-refractivity contribution in [2.45, 2.75) is 63.9 Å². The van der Waals surface area contributed by atoms with Crippen molar-refractivity contribution in [1.29, 1.82) is 0 Å². The average Bonchev–Trinajstić information content (AvgIpc) is 2.22. The number of ether oxygens (including phenoxy) is 1. The van der Waals surface area contributed by atoms with Gasteiger partial charge in [-0.25, -0.2) is 4.79 Å². The van der Waals surface area contributed by atoms with E-state index in [1.54, 1.807) is 0 Å². The van der Waals surface area contributed by atoms with Crippen LogP contribution < -0.4 is 0 Å². The molecule has 0 heterocycles. The molecule has 2 aliphatic carbocycles. The second-order valence-corrected chi connectivity index (χ2v) is 6.84. The summed E-state index contributed by atoms with van der Waals surface area (Å²) < 4.78 is 30.3. The highest BCUT2D eigenvalue weighted by Crippen LogP contribution is 2.50. The summed E-state index contributed by atoms with van der Waals surface area (Å²) in [5.41, 5.74) is -1.09. The molecule has 0 aliphatic heterocycles. The van der Waals surface area contributed by atoms with Gasteiger partial charge in [0, 0.05) is 12.3 Å². The van der Waals surface area contributed by atoms with Gasteiger partial charge in [0.15, 0.2) is 0 Å². The Morgan fingerprint density at radius 2 is 2.16 bits per heavy atom. The van der Waals surface area contributed by atoms with E-state index >= 15 is 0 Å². The van der Waals surface area contributed by atoms with Crippen molar-refractivity contribution in [2.24, 2.45) is 11.3 Å². The van der Waals surface area contributed by atoms with Crippen LogP contribution in [0.15, 0.2) is 0 Å². The molecular weight excluding hydrogens is 254 g/mol. The van der Waals surface area contributed by atoms with Gasteiger partial charge < -0.3 is 9.84 Å². The zero-order chi connectivity index (χ0) is 14.3. The van der Waals surface area contributed by atoms with Gasteiger partial charge in [-0.1, -0.05) is 19.8 Å². The van der Waals surface area contributed by atoms with E-state index in [4.69, 9.17) is 4.74 Å². The molecule has 2 fully saturated rings. The highest BCUT2D eigenvalue weighted by molar-refractivity contribution is 5.76. The Balaban J connectivity index is 1.97. The highest BCUT2D eigenvalue weighted by atomic mass is 19.3. The molecule has 0 radical (unpaired) electrons. The molecule has 0 aromatic rings. The van der Waals surface area contributed by atoms with Crippen LogP contribution in [0.25, 0.3) is 0 Å². The SMILES string of the molecule is CC1(COC(=O)C(C)(F)F)CC2CCCC(O)(C2)C1. The quantitative estimate of drug-likeness (QED) is 0.806. The van der Waals surface area contributed by atoms with Gasteiger partial charge in [-0.2, -0.15) is 8.78 Å². The fourth-order valence-corrected chi connectivity index (χ4v) is 3.84. The molecule has 2 rings (SSSR count). The van der Waals surface area contributed by atoms with Gasteiger partial charge >= 0.3 is 11.9 Å². The molecule has 1 N–H and O–H groups in total. The zero-order valence-corrected chi connectivity index (χ0v) is 11.5. The summed E-state index contributed by atoms with van der Waals surface area (Å²) >= 11 is 0. The Labute approximate surface area is 112 Å². The molecule has 0 saturated heterocycles. The van der Waals surface area contributed by atoms with Crippen molar-refractivity contribution in [2.75, 3.05) is 6.61 Å². The van der Waals surface area contributed by atoms with Crippen LogP contribution in [0.1, 0.15) is 52.4 Å². The second-order valence-electron chi connectivity index (χ2n) is 6.84. The van der Waals surface area contributed by atoms with E-state index in [1.165, 1.54) is 0 Å². The molecule has 2 saturated carbocycles. The number of aliphatic hydroxyl groups is 1. The van der Waals surface area contributed by atoms with Crippen molar-refractivity contribution < 1.29 is 23.4 Å². The molecule has 5 heteroatoms. The molecule has 110 valence electrons. The van der Waals surface area contributed by atoms with E-state index in [0.717, 1.165) is 32.1 Å². The molecule has 3 atom stereocenters. The third kappa shape index (κ3) is 3.44. The fourth-order valence-electron chi connectivity index (χ4n) is 3.84. The van der Waals surface area contributed by atoms with Gasteiger partial charge in [0.05, 0.1) is 12.2 Å². The molecule has 0 spiro atoms. The number of fused-ring (bicyclic) bond motifs is 2. The predicted molar refractivity (Wildman–Crippen MR) is 65.8 cm³/mol. The maximum Gasteiger partial charge on any atom is 0.376 e. The van der Waals surface area contributed by atoms with Crippen molar-refractivity contribution >= 4 is 5.97 Å². The summed E-state index contributed by atoms with van der Waals surface area (Å²) in [4.78, 5) is 11.1. The summed E-state index contributed by atoms with van der Waals surface area (Å²) in [6.07, 6.45) is 4.99. The Bertz CT molecular complexity index is 366. The summed E-state index contributed by atoms with van der Waals surface area (Å²) in [6.45, 7) is 2.42. The standard InChI is InChI=1S/C14H22F2O3/c1-12(9-19-11(17)13(2,15)16)6-10-4-3-5-14(18,7-10)8-12/h10,18H,3-9H2,1-2H3. The smallest absolute Gasteiger partial charge is 0.376 e. The van der Waals surface area contributed by atoms with Gasteiger partial charge in [-0.3, -0.25) is 0 Å². The van der Waals surface area contributed by atoms with Crippen LogP contribution >= 0.6 is 0 Å². The fraction of sp³-hybridized carbons (Fsp3) is 0.929. The Kier molecular flexibility index (Phi) is 3.62. The van der Waals surface area contributed by atoms with Gasteiger partial charge in [-0.05, 0) is 31.6 Å². The molecule has 0 amide bonds. The number of hydrogen-bond donors (Lipinski definition) is 1. The van der Waals surface area contributed by atoms with Crippen LogP contribution in [-0.4, -0.2) is 29.2 Å². The number of alkyl halides is 2. The van der Waals surface area contributed by atoms with Crippen LogP contribution in [0.5, 0.6) is 0 Å². The number of esters is 1. The molecular formula is C14H22F2O3. The lowest BCUT2D eigenvalue weighted by atomic mass is 9.59. The molecule has 19 heavy (non-hydrogen) atoms. The van der Waals surface area contributed by atoms with Crippen molar-refractivity contribution in [3.8, 4) is 0 Å². The summed E-state index contributed by atoms with van der Waals surface area (Å²) in [5, 5.41) is 10.5. The lowest BCUT2D eigenvalue weighted by Gasteiger charge is -2.49. The van der Waals surface area contributed by atoms with E-state index in [1.807, 2.05) is 6.92 Å². The monoisotopic (exact) mass is 276 g/mol. The maximum atomic E-state index is 12.8. The summed E-state index contributed by atoms with van der Waals surface area (Å²) in [5.74, 6) is -4.51. The average molecular weight is 276 g/mol. The Morgan fingerprint density at radius 1 is 1.47 bits per heavy atom. The molecule has 3 nitrogen and oxygen atoms in total. The summed E-state index contributed by atoms with van der Waals surface area (Å²) in [6, 6.07) is 0. The predicted octanol–water partition coefficient (Wildman–Crippen LogP) is 2.91. The lowest BCUT2D eigenvalue weighted by molar-refractivity contribution is -0.178. The van der Waals surface area contributed by atoms with E-state index in [0.29, 0.717) is 19.3 Å². The van der Waals surface area contributed by atoms with Crippen molar-refractivity contribution in [3.63, 3.8) is 0 Å². The maximum absolute atomic E-state index is 12.8. The molecule has 2 bridgehead atoms. The van der Waals surface area contributed by atoms with Crippen molar-refractivity contribution in [1.82, 2.24) is 0 Å². The van der Waals surface area contributed by atoms with Crippen LogP contribution in [0.3, 0.4) is 0 Å². The van der Waals surface area contributed by atoms with E-state index in [-0.39, 0.29) is 12.0 Å². The van der Waals surface area contributed by atoms with Crippen LogP contribution in [0.4, 0.5) is 8.78 Å². The first-order valence-electron chi connectivity index (χ1n) is 6.89. The van der Waals surface area contributed by atoms with Crippen molar-refractivity contribution in [3.05, 3.63) is 0 Å². The van der Waals surface area contributed by atoms with E-state index in [9.17, 15) is 18.7 Å². The normalized spacial score (nSPS) is 38.9. The van der Waals surface area contributed by atoms with Gasteiger partial charge in [0.2, 0.25) is 0 Å². The molecule has 2 aliphatic rings. The number of halogens is 2. The number of rotatable bonds is 3. The summed E-state index contributed by atoms with van der Waals surface area (Å²) in [7, 11) is 0. The van der Waals surface area contributed by atoms with Crippen LogP contribution in [-0.2, 0) is 9.53 Å². The third-order valence-corrected chi connectivity index (χ3v) is 4.37.